The molecule has 0 aliphatic carbocycles. The number of hydrogen-bond acceptors (Lipinski definition) is 1. The Hall–Kier alpha value is -1.47. The summed E-state index contributed by atoms with van der Waals surface area (Å²) in [6.45, 7) is 4.55. The van der Waals surface area contributed by atoms with E-state index in [4.69, 9.17) is 12.2 Å². The summed E-state index contributed by atoms with van der Waals surface area (Å²) in [7, 11) is 0. The average molecular weight is 423 g/mol. The van der Waals surface area contributed by atoms with Crippen molar-refractivity contribution in [2.45, 2.75) is 104 Å². The molecule has 0 atom stereocenters. The van der Waals surface area contributed by atoms with Crippen molar-refractivity contribution in [1.29, 1.82) is 0 Å². The van der Waals surface area contributed by atoms with E-state index in [1.54, 1.807) is 0 Å². The summed E-state index contributed by atoms with van der Waals surface area (Å²) >= 11 is 5.77. The highest BCUT2D eigenvalue weighted by atomic mass is 32.1. The van der Waals surface area contributed by atoms with E-state index < -0.39 is 0 Å². The number of thiocarbonyl (C=S) groups is 1. The third kappa shape index (κ3) is 9.56. The van der Waals surface area contributed by atoms with E-state index in [2.05, 4.69) is 62.4 Å². The van der Waals surface area contributed by atoms with Gasteiger partial charge >= 0.3 is 0 Å². The largest absolute Gasteiger partial charge is 0.0788 e. The van der Waals surface area contributed by atoms with Crippen LogP contribution < -0.4 is 0 Å². The lowest BCUT2D eigenvalue weighted by molar-refractivity contribution is 0.607. The van der Waals surface area contributed by atoms with Gasteiger partial charge in [0.15, 0.2) is 0 Å². The van der Waals surface area contributed by atoms with Crippen LogP contribution in [0.2, 0.25) is 0 Å². The molecule has 2 aromatic carbocycles. The molecule has 0 N–H and O–H groups in total. The lowest BCUT2D eigenvalue weighted by atomic mass is 9.99. The summed E-state index contributed by atoms with van der Waals surface area (Å²) < 4.78 is 0. The van der Waals surface area contributed by atoms with E-state index in [1.807, 2.05) is 0 Å². The molecule has 164 valence electrons. The maximum atomic E-state index is 5.77. The van der Waals surface area contributed by atoms with Crippen LogP contribution in [0.15, 0.2) is 48.5 Å². The maximum absolute atomic E-state index is 5.77. The first-order chi connectivity index (χ1) is 14.7. The Morgan fingerprint density at radius 2 is 0.833 bits per heavy atom. The summed E-state index contributed by atoms with van der Waals surface area (Å²) in [5, 5.41) is 0. The van der Waals surface area contributed by atoms with Gasteiger partial charge in [-0.15, -0.1) is 0 Å². The third-order valence-electron chi connectivity index (χ3n) is 6.07. The van der Waals surface area contributed by atoms with Crippen molar-refractivity contribution < 1.29 is 0 Å². The van der Waals surface area contributed by atoms with Gasteiger partial charge in [-0.05, 0) is 47.9 Å². The second-order valence-electron chi connectivity index (χ2n) is 8.76. The van der Waals surface area contributed by atoms with Crippen LogP contribution in [0.4, 0.5) is 0 Å². The standard InChI is InChI=1S/C29H42S/c1-3-5-7-9-11-13-15-25-17-21-27(22-18-25)29(30)28-23-19-26(20-24-28)16-14-12-10-8-6-4-2/h17-24H,3-16H2,1-2H3. The number of unbranched alkanes of at least 4 members (excludes halogenated alkanes) is 10. The maximum Gasteiger partial charge on any atom is 0.0521 e. The molecular formula is C29H42S. The Kier molecular flexibility index (Phi) is 12.7. The topological polar surface area (TPSA) is 0 Å². The van der Waals surface area contributed by atoms with Gasteiger partial charge in [0.05, 0.1) is 4.86 Å². The molecule has 0 amide bonds. The second kappa shape index (κ2) is 15.3. The molecule has 0 nitrogen and oxygen atoms in total. The molecule has 0 radical (unpaired) electrons. The van der Waals surface area contributed by atoms with Crippen molar-refractivity contribution in [2.24, 2.45) is 0 Å². The van der Waals surface area contributed by atoms with Crippen molar-refractivity contribution >= 4 is 17.1 Å². The molecule has 0 saturated carbocycles. The van der Waals surface area contributed by atoms with E-state index in [1.165, 1.54) is 112 Å². The molecule has 0 aliphatic heterocycles. The summed E-state index contributed by atoms with van der Waals surface area (Å²) in [6.07, 6.45) is 18.6. The van der Waals surface area contributed by atoms with Gasteiger partial charge in [-0.2, -0.15) is 0 Å². The predicted octanol–water partition coefficient (Wildman–Crippen LogP) is 9.26. The summed E-state index contributed by atoms with van der Waals surface area (Å²) in [4.78, 5) is 0.965. The third-order valence-corrected chi connectivity index (χ3v) is 6.54. The van der Waals surface area contributed by atoms with Crippen LogP contribution in [-0.4, -0.2) is 4.86 Å². The van der Waals surface area contributed by atoms with Gasteiger partial charge in [-0.25, -0.2) is 0 Å². The molecule has 2 aromatic rings. The summed E-state index contributed by atoms with van der Waals surface area (Å²) in [5.74, 6) is 0. The van der Waals surface area contributed by atoms with Crippen LogP contribution in [0.5, 0.6) is 0 Å². The zero-order valence-corrected chi connectivity index (χ0v) is 20.2. The van der Waals surface area contributed by atoms with Crippen molar-refractivity contribution in [1.82, 2.24) is 0 Å². The van der Waals surface area contributed by atoms with Gasteiger partial charge in [0.2, 0.25) is 0 Å². The van der Waals surface area contributed by atoms with Crippen molar-refractivity contribution in [2.75, 3.05) is 0 Å². The Balaban J connectivity index is 1.75. The first kappa shape index (κ1) is 24.8. The molecule has 0 aliphatic rings. The lowest BCUT2D eigenvalue weighted by Crippen LogP contribution is -2.00. The van der Waals surface area contributed by atoms with E-state index in [0.29, 0.717) is 0 Å². The van der Waals surface area contributed by atoms with Crippen molar-refractivity contribution in [3.8, 4) is 0 Å². The fraction of sp³-hybridized carbons (Fsp3) is 0.552. The smallest absolute Gasteiger partial charge is 0.0521 e. The minimum absolute atomic E-state index is 0.965. The van der Waals surface area contributed by atoms with Crippen LogP contribution >= 0.6 is 12.2 Å². The molecule has 0 fully saturated rings. The fourth-order valence-electron chi connectivity index (χ4n) is 4.03. The normalized spacial score (nSPS) is 11.0. The number of benzene rings is 2. The predicted molar refractivity (Wildman–Crippen MR) is 138 cm³/mol. The molecule has 0 spiro atoms. The highest BCUT2D eigenvalue weighted by molar-refractivity contribution is 7.81. The highest BCUT2D eigenvalue weighted by Crippen LogP contribution is 2.17. The van der Waals surface area contributed by atoms with E-state index in [-0.39, 0.29) is 0 Å². The van der Waals surface area contributed by atoms with E-state index >= 15 is 0 Å². The van der Waals surface area contributed by atoms with Crippen LogP contribution in [-0.2, 0) is 12.8 Å². The van der Waals surface area contributed by atoms with Gasteiger partial charge in [-0.1, -0.05) is 139 Å². The molecule has 30 heavy (non-hydrogen) atoms. The minimum atomic E-state index is 0.965. The Morgan fingerprint density at radius 1 is 0.500 bits per heavy atom. The van der Waals surface area contributed by atoms with E-state index in [9.17, 15) is 0 Å². The zero-order valence-electron chi connectivity index (χ0n) is 19.4. The molecule has 0 bridgehead atoms. The monoisotopic (exact) mass is 422 g/mol. The van der Waals surface area contributed by atoms with Crippen LogP contribution in [0.1, 0.15) is 113 Å². The van der Waals surface area contributed by atoms with E-state index in [0.717, 1.165) is 4.86 Å². The van der Waals surface area contributed by atoms with Gasteiger partial charge in [0.1, 0.15) is 0 Å². The number of hydrogen-bond donors (Lipinski definition) is 0. The van der Waals surface area contributed by atoms with Crippen LogP contribution in [0, 0.1) is 0 Å². The molecule has 2 rings (SSSR count). The Labute approximate surface area is 191 Å². The van der Waals surface area contributed by atoms with Gasteiger partial charge in [-0.3, -0.25) is 0 Å². The summed E-state index contributed by atoms with van der Waals surface area (Å²) in [5.41, 5.74) is 5.21. The average Bonchev–Trinajstić information content (AvgIpc) is 2.79. The van der Waals surface area contributed by atoms with Gasteiger partial charge in [0.25, 0.3) is 0 Å². The molecule has 0 aromatic heterocycles. The first-order valence-electron chi connectivity index (χ1n) is 12.5. The second-order valence-corrected chi connectivity index (χ2v) is 9.17. The lowest BCUT2D eigenvalue weighted by Gasteiger charge is -2.08. The van der Waals surface area contributed by atoms with Crippen molar-refractivity contribution in [3.63, 3.8) is 0 Å². The quantitative estimate of drug-likeness (QED) is 0.147. The fourth-order valence-corrected chi connectivity index (χ4v) is 4.30. The Bertz CT molecular complexity index is 635. The summed E-state index contributed by atoms with van der Waals surface area (Å²) in [6, 6.07) is 17.9. The molecule has 0 saturated heterocycles. The van der Waals surface area contributed by atoms with Crippen LogP contribution in [0.3, 0.4) is 0 Å². The number of aryl methyl sites for hydroxylation is 2. The zero-order chi connectivity index (χ0) is 21.4. The molecule has 1 heteroatoms. The van der Waals surface area contributed by atoms with Crippen molar-refractivity contribution in [3.05, 3.63) is 70.8 Å². The minimum Gasteiger partial charge on any atom is -0.0788 e. The van der Waals surface area contributed by atoms with Gasteiger partial charge < -0.3 is 0 Å². The van der Waals surface area contributed by atoms with Crippen LogP contribution in [0.25, 0.3) is 0 Å². The first-order valence-corrected chi connectivity index (χ1v) is 12.9. The highest BCUT2D eigenvalue weighted by Gasteiger charge is 2.05. The SMILES string of the molecule is CCCCCCCCc1ccc(C(=S)c2ccc(CCCCCCCC)cc2)cc1. The molecule has 0 heterocycles. The van der Waals surface area contributed by atoms with Gasteiger partial charge in [0, 0.05) is 0 Å². The number of rotatable bonds is 16. The molecule has 0 unspecified atom stereocenters. The molecular weight excluding hydrogens is 380 g/mol. The Morgan fingerprint density at radius 3 is 1.20 bits per heavy atom.